The summed E-state index contributed by atoms with van der Waals surface area (Å²) in [7, 11) is 0. The van der Waals surface area contributed by atoms with Gasteiger partial charge in [0.1, 0.15) is 5.82 Å². The van der Waals surface area contributed by atoms with Crippen molar-refractivity contribution in [3.8, 4) is 0 Å². The lowest BCUT2D eigenvalue weighted by molar-refractivity contribution is 0.0992. The van der Waals surface area contributed by atoms with Crippen LogP contribution in [0, 0.1) is 6.92 Å². The van der Waals surface area contributed by atoms with Gasteiger partial charge in [-0.25, -0.2) is 4.98 Å². The smallest absolute Gasteiger partial charge is 0.172 e. The molecule has 0 unspecified atom stereocenters. The number of nitrogens with one attached hydrogen (secondary N) is 1. The van der Waals surface area contributed by atoms with Crippen LogP contribution >= 0.6 is 0 Å². The number of nitrogens with zero attached hydrogens (tertiary/aromatic N) is 1. The van der Waals surface area contributed by atoms with Crippen LogP contribution in [0.5, 0.6) is 0 Å². The van der Waals surface area contributed by atoms with Gasteiger partial charge in [0.2, 0.25) is 0 Å². The highest BCUT2D eigenvalue weighted by Crippen LogP contribution is 2.15. The second kappa shape index (κ2) is 4.18. The van der Waals surface area contributed by atoms with Gasteiger partial charge < -0.3 is 10.7 Å². The predicted molar refractivity (Wildman–Crippen MR) is 62.2 cm³/mol. The lowest BCUT2D eigenvalue weighted by atomic mass is 10.0. The van der Waals surface area contributed by atoms with E-state index in [4.69, 9.17) is 5.73 Å². The highest BCUT2D eigenvalue weighted by molar-refractivity contribution is 6.01. The van der Waals surface area contributed by atoms with Gasteiger partial charge in [-0.2, -0.15) is 0 Å². The molecule has 4 nitrogen and oxygen atoms in total. The number of ketones is 1. The van der Waals surface area contributed by atoms with E-state index in [0.29, 0.717) is 17.1 Å². The first kappa shape index (κ1) is 10.4. The molecule has 0 saturated heterocycles. The number of aromatic nitrogens is 2. The number of nitrogen functional groups attached to an aromatic ring is 1. The Hall–Kier alpha value is -2.10. The number of Topliss-reactive ketones (excluding diaryl/α,β-unsaturated/α-hetero) is 1. The molecule has 16 heavy (non-hydrogen) atoms. The summed E-state index contributed by atoms with van der Waals surface area (Å²) in [6, 6.07) is 5.45. The summed E-state index contributed by atoms with van der Waals surface area (Å²) in [5.41, 5.74) is 7.87. The minimum atomic E-state index is -0.0175. The number of rotatable bonds is 3. The van der Waals surface area contributed by atoms with Crippen molar-refractivity contribution < 1.29 is 4.79 Å². The SMILES string of the molecule is Cc1ccc(N)c(C(=O)Cc2ncc[nH]2)c1. The van der Waals surface area contributed by atoms with Crippen LogP contribution in [-0.2, 0) is 6.42 Å². The summed E-state index contributed by atoms with van der Waals surface area (Å²) < 4.78 is 0. The van der Waals surface area contributed by atoms with E-state index >= 15 is 0 Å². The number of nitrogens with two attached hydrogens (primary N) is 1. The lowest BCUT2D eigenvalue weighted by Gasteiger charge is -2.04. The average molecular weight is 215 g/mol. The Morgan fingerprint density at radius 3 is 3.00 bits per heavy atom. The first-order valence-corrected chi connectivity index (χ1v) is 5.04. The summed E-state index contributed by atoms with van der Waals surface area (Å²) >= 11 is 0. The molecule has 2 rings (SSSR count). The van der Waals surface area contributed by atoms with E-state index in [1.807, 2.05) is 13.0 Å². The fourth-order valence-corrected chi connectivity index (χ4v) is 1.55. The maximum atomic E-state index is 11.9. The van der Waals surface area contributed by atoms with Crippen molar-refractivity contribution in [1.29, 1.82) is 0 Å². The number of aryl methyl sites for hydroxylation is 1. The molecule has 0 amide bonds. The van der Waals surface area contributed by atoms with E-state index in [1.54, 1.807) is 24.5 Å². The van der Waals surface area contributed by atoms with E-state index in [-0.39, 0.29) is 12.2 Å². The number of imidazole rings is 1. The van der Waals surface area contributed by atoms with Crippen LogP contribution in [0.15, 0.2) is 30.6 Å². The van der Waals surface area contributed by atoms with Crippen LogP contribution in [0.4, 0.5) is 5.69 Å². The molecule has 0 saturated carbocycles. The number of H-pyrrole nitrogens is 1. The quantitative estimate of drug-likeness (QED) is 0.605. The topological polar surface area (TPSA) is 71.8 Å². The molecule has 4 heteroatoms. The van der Waals surface area contributed by atoms with Gasteiger partial charge in [-0.1, -0.05) is 11.6 Å². The van der Waals surface area contributed by atoms with E-state index < -0.39 is 0 Å². The molecule has 1 aromatic heterocycles. The highest BCUT2D eigenvalue weighted by Gasteiger charge is 2.11. The first-order chi connectivity index (χ1) is 7.66. The van der Waals surface area contributed by atoms with E-state index in [1.165, 1.54) is 0 Å². The monoisotopic (exact) mass is 215 g/mol. The molecule has 3 N–H and O–H groups in total. The minimum Gasteiger partial charge on any atom is -0.398 e. The largest absolute Gasteiger partial charge is 0.398 e. The first-order valence-electron chi connectivity index (χ1n) is 5.04. The van der Waals surface area contributed by atoms with Crippen molar-refractivity contribution in [2.24, 2.45) is 0 Å². The van der Waals surface area contributed by atoms with Gasteiger partial charge >= 0.3 is 0 Å². The highest BCUT2D eigenvalue weighted by atomic mass is 16.1. The van der Waals surface area contributed by atoms with E-state index in [2.05, 4.69) is 9.97 Å². The Kier molecular flexibility index (Phi) is 2.72. The maximum absolute atomic E-state index is 11.9. The van der Waals surface area contributed by atoms with Crippen LogP contribution in [0.25, 0.3) is 0 Å². The van der Waals surface area contributed by atoms with Crippen LogP contribution < -0.4 is 5.73 Å². The van der Waals surface area contributed by atoms with Crippen molar-refractivity contribution in [2.75, 3.05) is 5.73 Å². The Balaban J connectivity index is 2.24. The standard InChI is InChI=1S/C12H13N3O/c1-8-2-3-10(13)9(6-8)11(16)7-12-14-4-5-15-12/h2-6H,7,13H2,1H3,(H,14,15). The zero-order valence-corrected chi connectivity index (χ0v) is 9.03. The van der Waals surface area contributed by atoms with Gasteiger partial charge in [0.15, 0.2) is 5.78 Å². The average Bonchev–Trinajstić information content (AvgIpc) is 2.74. The number of carbonyl (C=O) groups excluding carboxylic acids is 1. The molecule has 0 fully saturated rings. The molecule has 0 spiro atoms. The van der Waals surface area contributed by atoms with Gasteiger partial charge in [-0.05, 0) is 19.1 Å². The normalized spacial score (nSPS) is 10.3. The van der Waals surface area contributed by atoms with Crippen LogP contribution in [0.3, 0.4) is 0 Å². The van der Waals surface area contributed by atoms with Crippen molar-refractivity contribution >= 4 is 11.5 Å². The van der Waals surface area contributed by atoms with Crippen LogP contribution in [-0.4, -0.2) is 15.8 Å². The molecule has 0 aliphatic rings. The van der Waals surface area contributed by atoms with Gasteiger partial charge in [0.25, 0.3) is 0 Å². The number of aromatic amines is 1. The van der Waals surface area contributed by atoms with Crippen LogP contribution in [0.2, 0.25) is 0 Å². The Morgan fingerprint density at radius 1 is 1.50 bits per heavy atom. The zero-order valence-electron chi connectivity index (χ0n) is 9.03. The molecule has 0 radical (unpaired) electrons. The molecule has 82 valence electrons. The number of hydrogen-bond acceptors (Lipinski definition) is 3. The molecular formula is C12H13N3O. The third-order valence-electron chi connectivity index (χ3n) is 2.39. The summed E-state index contributed by atoms with van der Waals surface area (Å²) in [4.78, 5) is 18.9. The summed E-state index contributed by atoms with van der Waals surface area (Å²) in [6.07, 6.45) is 3.57. The molecule has 0 aliphatic heterocycles. The maximum Gasteiger partial charge on any atom is 0.172 e. The summed E-state index contributed by atoms with van der Waals surface area (Å²) in [5.74, 6) is 0.641. The third kappa shape index (κ3) is 2.11. The molecule has 0 aliphatic carbocycles. The molecule has 0 bridgehead atoms. The van der Waals surface area contributed by atoms with E-state index in [9.17, 15) is 4.79 Å². The van der Waals surface area contributed by atoms with Crippen LogP contribution in [0.1, 0.15) is 21.7 Å². The Labute approximate surface area is 93.5 Å². The second-order valence-corrected chi connectivity index (χ2v) is 3.73. The molecule has 1 heterocycles. The van der Waals surface area contributed by atoms with Crippen molar-refractivity contribution in [1.82, 2.24) is 9.97 Å². The molecule has 0 atom stereocenters. The number of benzene rings is 1. The predicted octanol–water partition coefficient (Wildman–Crippen LogP) is 1.73. The van der Waals surface area contributed by atoms with Gasteiger partial charge in [0.05, 0.1) is 6.42 Å². The summed E-state index contributed by atoms with van der Waals surface area (Å²) in [6.45, 7) is 1.93. The molecular weight excluding hydrogens is 202 g/mol. The third-order valence-corrected chi connectivity index (χ3v) is 2.39. The lowest BCUT2D eigenvalue weighted by Crippen LogP contribution is -2.08. The Morgan fingerprint density at radius 2 is 2.31 bits per heavy atom. The number of anilines is 1. The fraction of sp³-hybridized carbons (Fsp3) is 0.167. The zero-order chi connectivity index (χ0) is 11.5. The Bertz CT molecular complexity index is 503. The number of hydrogen-bond donors (Lipinski definition) is 2. The van der Waals surface area contributed by atoms with Crippen molar-refractivity contribution in [2.45, 2.75) is 13.3 Å². The van der Waals surface area contributed by atoms with E-state index in [0.717, 1.165) is 5.56 Å². The van der Waals surface area contributed by atoms with Gasteiger partial charge in [0, 0.05) is 23.6 Å². The molecule has 2 aromatic rings. The van der Waals surface area contributed by atoms with Gasteiger partial charge in [-0.15, -0.1) is 0 Å². The minimum absolute atomic E-state index is 0.0175. The number of carbonyl (C=O) groups is 1. The summed E-state index contributed by atoms with van der Waals surface area (Å²) in [5, 5.41) is 0. The fourth-order valence-electron chi connectivity index (χ4n) is 1.55. The van der Waals surface area contributed by atoms with Crippen molar-refractivity contribution in [3.05, 3.63) is 47.5 Å². The van der Waals surface area contributed by atoms with Crippen molar-refractivity contribution in [3.63, 3.8) is 0 Å². The van der Waals surface area contributed by atoms with Gasteiger partial charge in [-0.3, -0.25) is 4.79 Å². The second-order valence-electron chi connectivity index (χ2n) is 3.73. The molecule has 1 aromatic carbocycles.